The summed E-state index contributed by atoms with van der Waals surface area (Å²) in [6.45, 7) is 5.06. The molecule has 2 rings (SSSR count). The minimum absolute atomic E-state index is 0.0161. The summed E-state index contributed by atoms with van der Waals surface area (Å²) in [6, 6.07) is 0. The molecule has 0 amide bonds. The SMILES string of the molecule is CCCCCCC1C(=O)OC1CC(C)OC1CCCCO1. The Morgan fingerprint density at radius 3 is 2.81 bits per heavy atom. The molecule has 0 N–H and O–H groups in total. The first-order valence-corrected chi connectivity index (χ1v) is 8.68. The number of ether oxygens (including phenoxy) is 3. The molecule has 0 aromatic carbocycles. The minimum Gasteiger partial charge on any atom is -0.461 e. The van der Waals surface area contributed by atoms with Crippen molar-refractivity contribution < 1.29 is 19.0 Å². The van der Waals surface area contributed by atoms with Gasteiger partial charge < -0.3 is 14.2 Å². The number of cyclic esters (lactones) is 1. The molecule has 0 spiro atoms. The van der Waals surface area contributed by atoms with Crippen LogP contribution in [0, 0.1) is 5.92 Å². The third kappa shape index (κ3) is 5.26. The van der Waals surface area contributed by atoms with Crippen molar-refractivity contribution in [2.24, 2.45) is 5.92 Å². The number of unbranched alkanes of at least 4 members (excludes halogenated alkanes) is 3. The highest BCUT2D eigenvalue weighted by Gasteiger charge is 2.42. The van der Waals surface area contributed by atoms with Crippen molar-refractivity contribution in [3.05, 3.63) is 0 Å². The number of esters is 1. The van der Waals surface area contributed by atoms with Crippen LogP contribution in [-0.2, 0) is 19.0 Å². The summed E-state index contributed by atoms with van der Waals surface area (Å²) in [7, 11) is 0. The molecule has 21 heavy (non-hydrogen) atoms. The molecule has 2 fully saturated rings. The van der Waals surface area contributed by atoms with E-state index in [1.807, 2.05) is 0 Å². The molecule has 2 heterocycles. The summed E-state index contributed by atoms with van der Waals surface area (Å²) >= 11 is 0. The molecule has 2 aliphatic rings. The summed E-state index contributed by atoms with van der Waals surface area (Å²) in [6.07, 6.45) is 9.96. The Labute approximate surface area is 128 Å². The van der Waals surface area contributed by atoms with E-state index >= 15 is 0 Å². The monoisotopic (exact) mass is 298 g/mol. The van der Waals surface area contributed by atoms with Crippen LogP contribution in [0.4, 0.5) is 0 Å². The topological polar surface area (TPSA) is 44.8 Å². The lowest BCUT2D eigenvalue weighted by Gasteiger charge is -2.37. The van der Waals surface area contributed by atoms with Crippen LogP contribution in [0.25, 0.3) is 0 Å². The van der Waals surface area contributed by atoms with Crippen molar-refractivity contribution >= 4 is 5.97 Å². The molecule has 4 heteroatoms. The van der Waals surface area contributed by atoms with E-state index in [4.69, 9.17) is 14.2 Å². The average Bonchev–Trinajstić information content (AvgIpc) is 2.47. The summed E-state index contributed by atoms with van der Waals surface area (Å²) in [5.74, 6) is 0.0813. The van der Waals surface area contributed by atoms with Gasteiger partial charge in [0.05, 0.1) is 12.0 Å². The second-order valence-corrected chi connectivity index (χ2v) is 6.41. The fourth-order valence-corrected chi connectivity index (χ4v) is 3.17. The molecule has 0 radical (unpaired) electrons. The predicted octanol–water partition coefficient (Wildman–Crippen LogP) is 3.82. The summed E-state index contributed by atoms with van der Waals surface area (Å²) in [4.78, 5) is 11.6. The van der Waals surface area contributed by atoms with Gasteiger partial charge in [-0.2, -0.15) is 0 Å². The molecule has 0 aromatic heterocycles. The smallest absolute Gasteiger partial charge is 0.313 e. The zero-order valence-electron chi connectivity index (χ0n) is 13.5. The molecule has 4 nitrogen and oxygen atoms in total. The van der Waals surface area contributed by atoms with E-state index in [9.17, 15) is 4.79 Å². The Hall–Kier alpha value is -0.610. The zero-order chi connectivity index (χ0) is 15.1. The van der Waals surface area contributed by atoms with Gasteiger partial charge in [0.15, 0.2) is 6.29 Å². The van der Waals surface area contributed by atoms with Crippen LogP contribution in [0.3, 0.4) is 0 Å². The third-order valence-corrected chi connectivity index (χ3v) is 4.47. The van der Waals surface area contributed by atoms with E-state index in [0.717, 1.165) is 38.7 Å². The van der Waals surface area contributed by atoms with Crippen LogP contribution >= 0.6 is 0 Å². The standard InChI is InChI=1S/C17H30O4/c1-3-4-5-6-9-14-15(21-17(14)18)12-13(2)20-16-10-7-8-11-19-16/h13-16H,3-12H2,1-2H3. The Morgan fingerprint density at radius 2 is 2.14 bits per heavy atom. The number of hydrogen-bond donors (Lipinski definition) is 0. The van der Waals surface area contributed by atoms with Gasteiger partial charge >= 0.3 is 5.97 Å². The molecule has 0 bridgehead atoms. The Balaban J connectivity index is 1.65. The van der Waals surface area contributed by atoms with Crippen LogP contribution in [-0.4, -0.2) is 31.1 Å². The zero-order valence-corrected chi connectivity index (χ0v) is 13.5. The minimum atomic E-state index is -0.0625. The van der Waals surface area contributed by atoms with Crippen LogP contribution < -0.4 is 0 Å². The van der Waals surface area contributed by atoms with E-state index in [1.165, 1.54) is 25.7 Å². The maximum absolute atomic E-state index is 11.6. The highest BCUT2D eigenvalue weighted by molar-refractivity contribution is 5.78. The normalized spacial score (nSPS) is 30.6. The highest BCUT2D eigenvalue weighted by Crippen LogP contribution is 2.32. The first-order chi connectivity index (χ1) is 10.2. The van der Waals surface area contributed by atoms with E-state index in [-0.39, 0.29) is 30.4 Å². The Kier molecular flexibility index (Phi) is 6.97. The van der Waals surface area contributed by atoms with Gasteiger partial charge in [0.1, 0.15) is 6.10 Å². The van der Waals surface area contributed by atoms with E-state index in [0.29, 0.717) is 0 Å². The van der Waals surface area contributed by atoms with Gasteiger partial charge in [-0.1, -0.05) is 32.6 Å². The van der Waals surface area contributed by atoms with E-state index in [2.05, 4.69) is 13.8 Å². The Morgan fingerprint density at radius 1 is 1.29 bits per heavy atom. The second-order valence-electron chi connectivity index (χ2n) is 6.41. The van der Waals surface area contributed by atoms with Crippen molar-refractivity contribution in [1.29, 1.82) is 0 Å². The van der Waals surface area contributed by atoms with Crippen LogP contribution in [0.2, 0.25) is 0 Å². The third-order valence-electron chi connectivity index (χ3n) is 4.47. The molecule has 2 saturated heterocycles. The molecule has 0 saturated carbocycles. The lowest BCUT2D eigenvalue weighted by molar-refractivity contribution is -0.207. The number of carbonyl (C=O) groups excluding carboxylic acids is 1. The lowest BCUT2D eigenvalue weighted by atomic mass is 9.87. The van der Waals surface area contributed by atoms with Gasteiger partial charge in [0, 0.05) is 13.0 Å². The van der Waals surface area contributed by atoms with Crippen molar-refractivity contribution in [1.82, 2.24) is 0 Å². The Bertz CT molecular complexity index is 312. The molecule has 2 aliphatic heterocycles. The average molecular weight is 298 g/mol. The fraction of sp³-hybridized carbons (Fsp3) is 0.941. The number of rotatable bonds is 9. The van der Waals surface area contributed by atoms with Crippen molar-refractivity contribution in [2.75, 3.05) is 6.61 Å². The van der Waals surface area contributed by atoms with Gasteiger partial charge in [0.2, 0.25) is 0 Å². The van der Waals surface area contributed by atoms with Gasteiger partial charge in [-0.3, -0.25) is 4.79 Å². The first-order valence-electron chi connectivity index (χ1n) is 8.68. The molecular formula is C17H30O4. The van der Waals surface area contributed by atoms with Gasteiger partial charge in [-0.15, -0.1) is 0 Å². The summed E-state index contributed by atoms with van der Waals surface area (Å²) < 4.78 is 16.8. The van der Waals surface area contributed by atoms with Crippen LogP contribution in [0.1, 0.15) is 71.6 Å². The molecule has 4 atom stereocenters. The van der Waals surface area contributed by atoms with Gasteiger partial charge in [-0.25, -0.2) is 0 Å². The quantitative estimate of drug-likeness (QED) is 0.479. The van der Waals surface area contributed by atoms with Crippen molar-refractivity contribution in [3.8, 4) is 0 Å². The predicted molar refractivity (Wildman–Crippen MR) is 80.9 cm³/mol. The van der Waals surface area contributed by atoms with Gasteiger partial charge in [0.25, 0.3) is 0 Å². The van der Waals surface area contributed by atoms with Crippen LogP contribution in [0.5, 0.6) is 0 Å². The van der Waals surface area contributed by atoms with E-state index < -0.39 is 0 Å². The second kappa shape index (κ2) is 8.74. The lowest BCUT2D eigenvalue weighted by Crippen LogP contribution is -2.47. The maximum atomic E-state index is 11.6. The molecule has 0 aliphatic carbocycles. The first kappa shape index (κ1) is 16.8. The maximum Gasteiger partial charge on any atom is 0.313 e. The van der Waals surface area contributed by atoms with E-state index in [1.54, 1.807) is 0 Å². The highest BCUT2D eigenvalue weighted by atomic mass is 16.7. The van der Waals surface area contributed by atoms with Gasteiger partial charge in [-0.05, 0) is 32.6 Å². The molecule has 122 valence electrons. The fourth-order valence-electron chi connectivity index (χ4n) is 3.17. The molecule has 0 aromatic rings. The van der Waals surface area contributed by atoms with Crippen LogP contribution in [0.15, 0.2) is 0 Å². The summed E-state index contributed by atoms with van der Waals surface area (Å²) in [5, 5.41) is 0. The van der Waals surface area contributed by atoms with Crippen molar-refractivity contribution in [2.45, 2.75) is 90.1 Å². The summed E-state index contributed by atoms with van der Waals surface area (Å²) in [5.41, 5.74) is 0. The largest absolute Gasteiger partial charge is 0.461 e. The molecular weight excluding hydrogens is 268 g/mol. The molecule has 4 unspecified atom stereocenters. The number of hydrogen-bond acceptors (Lipinski definition) is 4. The number of carbonyl (C=O) groups is 1. The van der Waals surface area contributed by atoms with Crippen molar-refractivity contribution in [3.63, 3.8) is 0 Å².